The lowest BCUT2D eigenvalue weighted by atomic mass is 9.76. The first-order valence-electron chi connectivity index (χ1n) is 6.30. The van der Waals surface area contributed by atoms with Gasteiger partial charge in [0.25, 0.3) is 0 Å². The maximum absolute atomic E-state index is 13.5. The first-order chi connectivity index (χ1) is 8.67. The molecule has 18 heavy (non-hydrogen) atoms. The first-order valence-corrected chi connectivity index (χ1v) is 7.42. The maximum Gasteiger partial charge on any atom is 0.200 e. The molecule has 0 saturated heterocycles. The third-order valence-corrected chi connectivity index (χ3v) is 4.84. The van der Waals surface area contributed by atoms with Gasteiger partial charge in [0.2, 0.25) is 5.82 Å². The molecule has 2 rings (SSSR count). The van der Waals surface area contributed by atoms with Crippen LogP contribution in [0.3, 0.4) is 0 Å². The number of halogens is 3. The number of hydrogen-bond donors (Lipinski definition) is 0. The van der Waals surface area contributed by atoms with Crippen LogP contribution in [0.5, 0.6) is 5.75 Å². The molecule has 0 atom stereocenters. The Balaban J connectivity index is 2.03. The Labute approximate surface area is 115 Å². The number of ether oxygens (including phenoxy) is 1. The second kappa shape index (κ2) is 6.00. The minimum atomic E-state index is -0.891. The summed E-state index contributed by atoms with van der Waals surface area (Å²) in [5.41, 5.74) is 0.0665. The van der Waals surface area contributed by atoms with Gasteiger partial charge in [-0.05, 0) is 25.0 Å². The van der Waals surface area contributed by atoms with Crippen LogP contribution in [-0.4, -0.2) is 11.9 Å². The Morgan fingerprint density at radius 3 is 2.56 bits per heavy atom. The van der Waals surface area contributed by atoms with Crippen LogP contribution < -0.4 is 4.74 Å². The van der Waals surface area contributed by atoms with Crippen LogP contribution in [0.2, 0.25) is 0 Å². The average molecular weight is 319 g/mol. The van der Waals surface area contributed by atoms with E-state index in [1.807, 2.05) is 0 Å². The zero-order valence-corrected chi connectivity index (χ0v) is 11.8. The summed E-state index contributed by atoms with van der Waals surface area (Å²) in [4.78, 5) is 0. The van der Waals surface area contributed by atoms with Crippen LogP contribution in [-0.2, 0) is 0 Å². The molecule has 100 valence electrons. The van der Waals surface area contributed by atoms with Crippen LogP contribution in [0.25, 0.3) is 0 Å². The quantitative estimate of drug-likeness (QED) is 0.732. The summed E-state index contributed by atoms with van der Waals surface area (Å²) < 4.78 is 32.0. The van der Waals surface area contributed by atoms with Crippen LogP contribution in [0.15, 0.2) is 18.2 Å². The van der Waals surface area contributed by atoms with E-state index in [-0.39, 0.29) is 11.2 Å². The second-order valence-corrected chi connectivity index (χ2v) is 5.60. The highest BCUT2D eigenvalue weighted by Gasteiger charge is 2.32. The Bertz CT molecular complexity index is 403. The molecule has 0 bridgehead atoms. The van der Waals surface area contributed by atoms with Gasteiger partial charge in [-0.1, -0.05) is 41.3 Å². The van der Waals surface area contributed by atoms with Gasteiger partial charge < -0.3 is 4.74 Å². The molecule has 0 heterocycles. The van der Waals surface area contributed by atoms with Crippen LogP contribution in [0.1, 0.15) is 32.1 Å². The van der Waals surface area contributed by atoms with Gasteiger partial charge in [0.1, 0.15) is 0 Å². The van der Waals surface area contributed by atoms with E-state index in [2.05, 4.69) is 15.9 Å². The summed E-state index contributed by atoms with van der Waals surface area (Å²) in [7, 11) is 0. The fraction of sp³-hybridized carbons (Fsp3) is 0.571. The largest absolute Gasteiger partial charge is 0.490 e. The van der Waals surface area contributed by atoms with Crippen molar-refractivity contribution >= 4 is 15.9 Å². The predicted octanol–water partition coefficient (Wildman–Crippen LogP) is 4.69. The molecule has 1 aromatic carbocycles. The number of alkyl halides is 1. The third-order valence-electron chi connectivity index (χ3n) is 3.65. The first kappa shape index (κ1) is 13.8. The highest BCUT2D eigenvalue weighted by molar-refractivity contribution is 9.09. The van der Waals surface area contributed by atoms with E-state index >= 15 is 0 Å². The van der Waals surface area contributed by atoms with E-state index in [1.54, 1.807) is 0 Å². The van der Waals surface area contributed by atoms with Crippen molar-refractivity contribution in [1.82, 2.24) is 0 Å². The van der Waals surface area contributed by atoms with Crippen molar-refractivity contribution in [3.8, 4) is 5.75 Å². The van der Waals surface area contributed by atoms with Gasteiger partial charge in [-0.25, -0.2) is 4.39 Å². The van der Waals surface area contributed by atoms with E-state index in [1.165, 1.54) is 31.4 Å². The normalized spacial score (nSPS) is 18.6. The Morgan fingerprint density at radius 2 is 1.89 bits per heavy atom. The summed E-state index contributed by atoms with van der Waals surface area (Å²) in [5.74, 6) is -1.73. The molecule has 1 saturated carbocycles. The summed E-state index contributed by atoms with van der Waals surface area (Å²) >= 11 is 3.53. The topological polar surface area (TPSA) is 9.23 Å². The van der Waals surface area contributed by atoms with Crippen molar-refractivity contribution in [2.24, 2.45) is 5.41 Å². The van der Waals surface area contributed by atoms with Gasteiger partial charge in [0.05, 0.1) is 6.61 Å². The Kier molecular flexibility index (Phi) is 4.60. The fourth-order valence-corrected chi connectivity index (χ4v) is 3.17. The summed E-state index contributed by atoms with van der Waals surface area (Å²) in [6.07, 6.45) is 5.77. The van der Waals surface area contributed by atoms with Gasteiger partial charge in [0, 0.05) is 10.7 Å². The van der Waals surface area contributed by atoms with Crippen molar-refractivity contribution in [2.45, 2.75) is 32.1 Å². The molecular weight excluding hydrogens is 302 g/mol. The Morgan fingerprint density at radius 1 is 1.17 bits per heavy atom. The zero-order chi connectivity index (χ0) is 13.0. The van der Waals surface area contributed by atoms with Gasteiger partial charge in [0.15, 0.2) is 11.6 Å². The minimum absolute atomic E-state index is 0.0147. The summed E-state index contributed by atoms with van der Waals surface area (Å²) in [6, 6.07) is 4.04. The van der Waals surface area contributed by atoms with E-state index in [9.17, 15) is 8.78 Å². The average Bonchev–Trinajstić information content (AvgIpc) is 2.41. The van der Waals surface area contributed by atoms with Crippen LogP contribution in [0, 0.1) is 17.0 Å². The molecule has 4 heteroatoms. The molecule has 1 aliphatic rings. The summed E-state index contributed by atoms with van der Waals surface area (Å²) in [5, 5.41) is 0.844. The lowest BCUT2D eigenvalue weighted by Crippen LogP contribution is -2.32. The van der Waals surface area contributed by atoms with Crippen molar-refractivity contribution in [1.29, 1.82) is 0 Å². The lowest BCUT2D eigenvalue weighted by molar-refractivity contribution is 0.118. The highest BCUT2D eigenvalue weighted by atomic mass is 79.9. The molecule has 0 aliphatic heterocycles. The van der Waals surface area contributed by atoms with Crippen molar-refractivity contribution in [3.63, 3.8) is 0 Å². The lowest BCUT2D eigenvalue weighted by Gasteiger charge is -2.35. The van der Waals surface area contributed by atoms with Crippen molar-refractivity contribution < 1.29 is 13.5 Å². The van der Waals surface area contributed by atoms with Gasteiger partial charge in [-0.2, -0.15) is 4.39 Å². The molecule has 0 spiro atoms. The number of hydrogen-bond acceptors (Lipinski definition) is 1. The molecule has 1 fully saturated rings. The van der Waals surface area contributed by atoms with Crippen LogP contribution in [0.4, 0.5) is 8.78 Å². The highest BCUT2D eigenvalue weighted by Crippen LogP contribution is 2.38. The molecule has 1 aromatic rings. The molecule has 1 nitrogen and oxygen atoms in total. The minimum Gasteiger partial charge on any atom is -0.490 e. The molecule has 0 radical (unpaired) electrons. The van der Waals surface area contributed by atoms with E-state index in [0.29, 0.717) is 6.61 Å². The fourth-order valence-electron chi connectivity index (χ4n) is 2.44. The predicted molar refractivity (Wildman–Crippen MR) is 71.2 cm³/mol. The van der Waals surface area contributed by atoms with Gasteiger partial charge in [-0.15, -0.1) is 0 Å². The van der Waals surface area contributed by atoms with E-state index in [4.69, 9.17) is 4.74 Å². The molecular formula is C14H17BrF2O. The molecule has 0 unspecified atom stereocenters. The van der Waals surface area contributed by atoms with Crippen molar-refractivity contribution in [3.05, 3.63) is 29.8 Å². The van der Waals surface area contributed by atoms with Crippen molar-refractivity contribution in [2.75, 3.05) is 11.9 Å². The zero-order valence-electron chi connectivity index (χ0n) is 10.2. The van der Waals surface area contributed by atoms with E-state index in [0.717, 1.165) is 24.2 Å². The standard InChI is InChI=1S/C14H17BrF2O/c15-9-14(7-2-1-3-8-14)10-18-12-6-4-5-11(16)13(12)17/h4-6H,1-3,7-10H2. The smallest absolute Gasteiger partial charge is 0.200 e. The second-order valence-electron chi connectivity index (χ2n) is 5.03. The number of benzene rings is 1. The third kappa shape index (κ3) is 3.02. The van der Waals surface area contributed by atoms with Gasteiger partial charge in [-0.3, -0.25) is 0 Å². The molecule has 0 aromatic heterocycles. The molecule has 0 amide bonds. The monoisotopic (exact) mass is 318 g/mol. The Hall–Kier alpha value is -0.640. The van der Waals surface area contributed by atoms with E-state index < -0.39 is 11.6 Å². The maximum atomic E-state index is 13.5. The number of rotatable bonds is 4. The van der Waals surface area contributed by atoms with Gasteiger partial charge >= 0.3 is 0 Å². The van der Waals surface area contributed by atoms with Crippen LogP contribution >= 0.6 is 15.9 Å². The molecule has 1 aliphatic carbocycles. The SMILES string of the molecule is Fc1cccc(OCC2(CBr)CCCCC2)c1F. The molecule has 0 N–H and O–H groups in total. The summed E-state index contributed by atoms with van der Waals surface area (Å²) in [6.45, 7) is 0.443.